The highest BCUT2D eigenvalue weighted by molar-refractivity contribution is 6.31. The first-order valence-corrected chi connectivity index (χ1v) is 8.99. The van der Waals surface area contributed by atoms with Crippen molar-refractivity contribution in [2.45, 2.75) is 38.8 Å². The number of nitrogens with one attached hydrogen (secondary N) is 1. The molecule has 0 radical (unpaired) electrons. The number of hydrogen-bond acceptors (Lipinski definition) is 3. The van der Waals surface area contributed by atoms with E-state index in [0.29, 0.717) is 18.8 Å². The lowest BCUT2D eigenvalue weighted by Crippen LogP contribution is -2.55. The molecule has 2 aliphatic rings. The summed E-state index contributed by atoms with van der Waals surface area (Å²) in [7, 11) is 0. The highest BCUT2D eigenvalue weighted by Gasteiger charge is 2.52. The van der Waals surface area contributed by atoms with Gasteiger partial charge < -0.3 is 10.2 Å². The quantitative estimate of drug-likeness (QED) is 0.832. The predicted octanol–water partition coefficient (Wildman–Crippen LogP) is 3.02. The first-order valence-electron chi connectivity index (χ1n) is 8.62. The summed E-state index contributed by atoms with van der Waals surface area (Å²) in [6, 6.07) is 3.86. The molecule has 0 aromatic heterocycles. The number of halogens is 2. The van der Waals surface area contributed by atoms with E-state index in [2.05, 4.69) is 24.1 Å². The van der Waals surface area contributed by atoms with Crippen LogP contribution in [0.25, 0.3) is 0 Å². The van der Waals surface area contributed by atoms with Crippen molar-refractivity contribution in [3.05, 3.63) is 34.6 Å². The van der Waals surface area contributed by atoms with Crippen LogP contribution in [0.15, 0.2) is 18.2 Å². The number of amides is 3. The fraction of sp³-hybridized carbons (Fsp3) is 0.556. The van der Waals surface area contributed by atoms with Crippen molar-refractivity contribution in [2.24, 2.45) is 5.92 Å². The van der Waals surface area contributed by atoms with Crippen LogP contribution in [0.4, 0.5) is 9.18 Å². The van der Waals surface area contributed by atoms with Gasteiger partial charge in [0.1, 0.15) is 11.4 Å². The molecule has 5 nitrogen and oxygen atoms in total. The van der Waals surface area contributed by atoms with Gasteiger partial charge in [-0.2, -0.15) is 0 Å². The molecular weight excluding hydrogens is 345 g/mol. The molecular formula is C18H23ClFN3O2. The number of nitrogens with zero attached hydrogens (tertiary/aromatic N) is 2. The van der Waals surface area contributed by atoms with Crippen LogP contribution in [0, 0.1) is 11.7 Å². The SMILES string of the molecule is CC(C)CN1CCC2(CC1)NC(=O)N(Cc1c(F)cccc1Cl)C2=O. The average Bonchev–Trinajstić information content (AvgIpc) is 2.77. The first-order chi connectivity index (χ1) is 11.8. The van der Waals surface area contributed by atoms with Gasteiger partial charge in [0.2, 0.25) is 0 Å². The van der Waals surface area contributed by atoms with Gasteiger partial charge in [-0.25, -0.2) is 9.18 Å². The van der Waals surface area contributed by atoms with E-state index in [-0.39, 0.29) is 23.0 Å². The number of piperidine rings is 1. The fourth-order valence-electron chi connectivity index (χ4n) is 3.63. The maximum atomic E-state index is 14.0. The van der Waals surface area contributed by atoms with E-state index in [9.17, 15) is 14.0 Å². The molecule has 136 valence electrons. The Morgan fingerprint density at radius 1 is 1.28 bits per heavy atom. The van der Waals surface area contributed by atoms with E-state index in [1.54, 1.807) is 6.07 Å². The minimum atomic E-state index is -0.859. The number of likely N-dealkylation sites (tertiary alicyclic amines) is 1. The molecule has 0 saturated carbocycles. The van der Waals surface area contributed by atoms with Crippen LogP contribution in [0.1, 0.15) is 32.3 Å². The van der Waals surface area contributed by atoms with Crippen molar-refractivity contribution in [3.8, 4) is 0 Å². The maximum absolute atomic E-state index is 14.0. The molecule has 1 aromatic carbocycles. The van der Waals surface area contributed by atoms with Crippen LogP contribution in [0.5, 0.6) is 0 Å². The summed E-state index contributed by atoms with van der Waals surface area (Å²) in [4.78, 5) is 28.7. The molecule has 7 heteroatoms. The Bertz CT molecular complexity index is 667. The van der Waals surface area contributed by atoms with Crippen LogP contribution < -0.4 is 5.32 Å². The zero-order chi connectivity index (χ0) is 18.2. The Hall–Kier alpha value is -1.66. The number of imide groups is 1. The third-order valence-corrected chi connectivity index (χ3v) is 5.31. The molecule has 0 unspecified atom stereocenters. The molecule has 2 heterocycles. The van der Waals surface area contributed by atoms with Crippen LogP contribution in [-0.4, -0.2) is 46.9 Å². The van der Waals surface area contributed by atoms with Crippen LogP contribution in [0.2, 0.25) is 5.02 Å². The average molecular weight is 368 g/mol. The van der Waals surface area contributed by atoms with Crippen molar-refractivity contribution in [3.63, 3.8) is 0 Å². The zero-order valence-corrected chi connectivity index (χ0v) is 15.3. The summed E-state index contributed by atoms with van der Waals surface area (Å²) < 4.78 is 14.0. The molecule has 1 aromatic rings. The topological polar surface area (TPSA) is 52.7 Å². The molecule has 2 aliphatic heterocycles. The second-order valence-corrected chi connectivity index (χ2v) is 7.71. The van der Waals surface area contributed by atoms with Crippen molar-refractivity contribution < 1.29 is 14.0 Å². The predicted molar refractivity (Wildman–Crippen MR) is 93.7 cm³/mol. The van der Waals surface area contributed by atoms with Gasteiger partial charge in [0, 0.05) is 30.2 Å². The number of benzene rings is 1. The van der Waals surface area contributed by atoms with E-state index in [0.717, 1.165) is 24.5 Å². The summed E-state index contributed by atoms with van der Waals surface area (Å²) in [5.41, 5.74) is -0.690. The number of carbonyl (C=O) groups is 2. The fourth-order valence-corrected chi connectivity index (χ4v) is 3.86. The minimum absolute atomic E-state index is 0.145. The van der Waals surface area contributed by atoms with Crippen molar-refractivity contribution in [1.29, 1.82) is 0 Å². The summed E-state index contributed by atoms with van der Waals surface area (Å²) in [5.74, 6) is -0.232. The van der Waals surface area contributed by atoms with E-state index in [1.807, 2.05) is 0 Å². The van der Waals surface area contributed by atoms with Crippen molar-refractivity contribution >= 4 is 23.5 Å². The molecule has 0 bridgehead atoms. The summed E-state index contributed by atoms with van der Waals surface area (Å²) in [5, 5.41) is 3.06. The first kappa shape index (κ1) is 18.1. The summed E-state index contributed by atoms with van der Waals surface area (Å²) in [6.45, 7) is 6.68. The Labute approximate surface area is 152 Å². The van der Waals surface area contributed by atoms with Gasteiger partial charge >= 0.3 is 6.03 Å². The lowest BCUT2D eigenvalue weighted by atomic mass is 9.87. The molecule has 3 amide bonds. The largest absolute Gasteiger partial charge is 0.325 e. The maximum Gasteiger partial charge on any atom is 0.325 e. The normalized spacial score (nSPS) is 20.6. The summed E-state index contributed by atoms with van der Waals surface area (Å²) in [6.07, 6.45) is 1.15. The molecule has 2 fully saturated rings. The smallest absolute Gasteiger partial charge is 0.323 e. The van der Waals surface area contributed by atoms with E-state index in [4.69, 9.17) is 11.6 Å². The summed E-state index contributed by atoms with van der Waals surface area (Å²) >= 11 is 6.03. The van der Waals surface area contributed by atoms with Crippen LogP contribution >= 0.6 is 11.6 Å². The highest BCUT2D eigenvalue weighted by atomic mass is 35.5. The standard InChI is InChI=1S/C18H23ClFN3O2/c1-12(2)10-22-8-6-18(7-9-22)16(24)23(17(25)21-18)11-13-14(19)4-3-5-15(13)20/h3-5,12H,6-11H2,1-2H3,(H,21,25). The van der Waals surface area contributed by atoms with Gasteiger partial charge in [-0.05, 0) is 30.9 Å². The van der Waals surface area contributed by atoms with E-state index in [1.165, 1.54) is 12.1 Å². The Morgan fingerprint density at radius 3 is 2.56 bits per heavy atom. The molecule has 3 rings (SSSR count). The second kappa shape index (κ2) is 6.92. The number of carbonyl (C=O) groups excluding carboxylic acids is 2. The lowest BCUT2D eigenvalue weighted by Gasteiger charge is -2.38. The van der Waals surface area contributed by atoms with E-state index >= 15 is 0 Å². The third kappa shape index (κ3) is 3.51. The van der Waals surface area contributed by atoms with Crippen LogP contribution in [0.3, 0.4) is 0 Å². The minimum Gasteiger partial charge on any atom is -0.323 e. The van der Waals surface area contributed by atoms with Gasteiger partial charge in [-0.3, -0.25) is 9.69 Å². The van der Waals surface area contributed by atoms with Crippen LogP contribution in [-0.2, 0) is 11.3 Å². The third-order valence-electron chi connectivity index (χ3n) is 4.96. The Morgan fingerprint density at radius 2 is 1.96 bits per heavy atom. The zero-order valence-electron chi connectivity index (χ0n) is 14.5. The van der Waals surface area contributed by atoms with Crippen molar-refractivity contribution in [2.75, 3.05) is 19.6 Å². The number of hydrogen-bond donors (Lipinski definition) is 1. The molecule has 1 N–H and O–H groups in total. The highest BCUT2D eigenvalue weighted by Crippen LogP contribution is 2.32. The van der Waals surface area contributed by atoms with E-state index < -0.39 is 17.4 Å². The Kier molecular flexibility index (Phi) is 5.02. The van der Waals surface area contributed by atoms with Gasteiger partial charge in [0.15, 0.2) is 0 Å². The Balaban J connectivity index is 1.73. The number of rotatable bonds is 4. The molecule has 1 spiro atoms. The van der Waals surface area contributed by atoms with Gasteiger partial charge in [0.25, 0.3) is 5.91 Å². The molecule has 0 aliphatic carbocycles. The lowest BCUT2D eigenvalue weighted by molar-refractivity contribution is -0.133. The molecule has 25 heavy (non-hydrogen) atoms. The van der Waals surface area contributed by atoms with Gasteiger partial charge in [-0.15, -0.1) is 0 Å². The number of urea groups is 1. The van der Waals surface area contributed by atoms with Crippen molar-refractivity contribution in [1.82, 2.24) is 15.1 Å². The second-order valence-electron chi connectivity index (χ2n) is 7.30. The van der Waals surface area contributed by atoms with Gasteiger partial charge in [-0.1, -0.05) is 31.5 Å². The van der Waals surface area contributed by atoms with Gasteiger partial charge in [0.05, 0.1) is 6.54 Å². The molecule has 2 saturated heterocycles. The molecule has 0 atom stereocenters. The monoisotopic (exact) mass is 367 g/mol.